The lowest BCUT2D eigenvalue weighted by Gasteiger charge is -2.09. The maximum absolute atomic E-state index is 13.0. The molecule has 4 rings (SSSR count). The van der Waals surface area contributed by atoms with Crippen LogP contribution in [-0.2, 0) is 0 Å². The van der Waals surface area contributed by atoms with Crippen LogP contribution in [0.25, 0.3) is 16.8 Å². The van der Waals surface area contributed by atoms with Gasteiger partial charge in [0.2, 0.25) is 0 Å². The number of methoxy groups -OCH3 is 2. The normalized spacial score (nSPS) is 10.6. The Balaban J connectivity index is 1.81. The van der Waals surface area contributed by atoms with E-state index in [4.69, 9.17) is 9.47 Å². The number of aromatic nitrogens is 3. The van der Waals surface area contributed by atoms with Crippen molar-refractivity contribution < 1.29 is 14.3 Å². The Labute approximate surface area is 171 Å². The van der Waals surface area contributed by atoms with Crippen LogP contribution in [-0.4, -0.2) is 34.9 Å². The monoisotopic (exact) mass is 406 g/mol. The second kappa shape index (κ2) is 8.15. The SMILES string of the molecule is COc1ccc(-c2cn(-c3ccccc3)nc2C(=O)Nc2nccs2)cc1OC. The average molecular weight is 406 g/mol. The predicted molar refractivity (Wildman–Crippen MR) is 112 cm³/mol. The van der Waals surface area contributed by atoms with Crippen LogP contribution in [0.3, 0.4) is 0 Å². The number of rotatable bonds is 6. The number of carbonyl (C=O) groups excluding carboxylic acids is 1. The standard InChI is InChI=1S/C21H18N4O3S/c1-27-17-9-8-14(12-18(17)28-2)16-13-25(15-6-4-3-5-7-15)24-19(16)20(26)23-21-22-10-11-29-21/h3-13H,1-2H3,(H,22,23,26). The molecule has 2 aromatic heterocycles. The zero-order chi connectivity index (χ0) is 20.2. The van der Waals surface area contributed by atoms with Crippen molar-refractivity contribution >= 4 is 22.4 Å². The van der Waals surface area contributed by atoms with Gasteiger partial charge in [-0.25, -0.2) is 9.67 Å². The Morgan fingerprint density at radius 1 is 1.07 bits per heavy atom. The smallest absolute Gasteiger partial charge is 0.278 e. The summed E-state index contributed by atoms with van der Waals surface area (Å²) in [7, 11) is 3.16. The van der Waals surface area contributed by atoms with Crippen LogP contribution in [0.5, 0.6) is 11.5 Å². The van der Waals surface area contributed by atoms with Crippen molar-refractivity contribution in [1.82, 2.24) is 14.8 Å². The molecule has 1 N–H and O–H groups in total. The first-order valence-corrected chi connectivity index (χ1v) is 9.66. The van der Waals surface area contributed by atoms with Crippen molar-refractivity contribution in [2.45, 2.75) is 0 Å². The molecule has 146 valence electrons. The molecule has 0 saturated heterocycles. The van der Waals surface area contributed by atoms with E-state index in [2.05, 4.69) is 15.4 Å². The largest absolute Gasteiger partial charge is 0.493 e. The van der Waals surface area contributed by atoms with E-state index >= 15 is 0 Å². The first kappa shape index (κ1) is 18.7. The van der Waals surface area contributed by atoms with Crippen LogP contribution in [0.1, 0.15) is 10.5 Å². The van der Waals surface area contributed by atoms with Gasteiger partial charge in [0.1, 0.15) is 0 Å². The van der Waals surface area contributed by atoms with Crippen molar-refractivity contribution in [1.29, 1.82) is 0 Å². The summed E-state index contributed by atoms with van der Waals surface area (Å²) in [6, 6.07) is 15.1. The molecule has 4 aromatic rings. The molecule has 2 heterocycles. The lowest BCUT2D eigenvalue weighted by Crippen LogP contribution is -2.14. The number of amides is 1. The van der Waals surface area contributed by atoms with E-state index in [-0.39, 0.29) is 11.6 Å². The highest BCUT2D eigenvalue weighted by Gasteiger charge is 2.21. The number of hydrogen-bond acceptors (Lipinski definition) is 6. The van der Waals surface area contributed by atoms with E-state index in [1.54, 1.807) is 36.5 Å². The fraction of sp³-hybridized carbons (Fsp3) is 0.0952. The molecule has 0 saturated carbocycles. The molecular weight excluding hydrogens is 388 g/mol. The molecule has 8 heteroatoms. The van der Waals surface area contributed by atoms with E-state index in [1.807, 2.05) is 48.7 Å². The number of benzene rings is 2. The molecule has 1 amide bonds. The van der Waals surface area contributed by atoms with E-state index in [9.17, 15) is 4.79 Å². The summed E-state index contributed by atoms with van der Waals surface area (Å²) in [5, 5.41) is 9.66. The molecule has 0 aliphatic heterocycles. The van der Waals surface area contributed by atoms with Gasteiger partial charge in [-0.2, -0.15) is 5.10 Å². The van der Waals surface area contributed by atoms with Crippen molar-refractivity contribution in [3.63, 3.8) is 0 Å². The molecule has 0 bridgehead atoms. The zero-order valence-electron chi connectivity index (χ0n) is 15.8. The summed E-state index contributed by atoms with van der Waals surface area (Å²) in [6.07, 6.45) is 3.46. The minimum atomic E-state index is -0.334. The highest BCUT2D eigenvalue weighted by atomic mass is 32.1. The van der Waals surface area contributed by atoms with E-state index in [1.165, 1.54) is 11.3 Å². The van der Waals surface area contributed by atoms with Gasteiger partial charge in [-0.1, -0.05) is 24.3 Å². The Morgan fingerprint density at radius 2 is 1.86 bits per heavy atom. The summed E-state index contributed by atoms with van der Waals surface area (Å²) in [5.41, 5.74) is 2.59. The summed E-state index contributed by atoms with van der Waals surface area (Å²) >= 11 is 1.35. The van der Waals surface area contributed by atoms with Gasteiger partial charge in [0.05, 0.1) is 19.9 Å². The number of anilines is 1. The Morgan fingerprint density at radius 3 is 2.55 bits per heavy atom. The van der Waals surface area contributed by atoms with Crippen LogP contribution >= 0.6 is 11.3 Å². The summed E-state index contributed by atoms with van der Waals surface area (Å²) in [5.74, 6) is 0.851. The number of carbonyl (C=O) groups is 1. The van der Waals surface area contributed by atoms with E-state index < -0.39 is 0 Å². The molecule has 0 unspecified atom stereocenters. The third-order valence-electron chi connectivity index (χ3n) is 4.30. The van der Waals surface area contributed by atoms with Crippen LogP contribution in [0.4, 0.5) is 5.13 Å². The fourth-order valence-electron chi connectivity index (χ4n) is 2.91. The van der Waals surface area contributed by atoms with Gasteiger partial charge in [0.15, 0.2) is 22.3 Å². The third kappa shape index (κ3) is 3.83. The molecule has 0 spiro atoms. The summed E-state index contributed by atoms with van der Waals surface area (Å²) in [6.45, 7) is 0. The van der Waals surface area contributed by atoms with Crippen LogP contribution in [0.2, 0.25) is 0 Å². The molecule has 0 atom stereocenters. The van der Waals surface area contributed by atoms with Crippen molar-refractivity contribution in [2.75, 3.05) is 19.5 Å². The maximum Gasteiger partial charge on any atom is 0.278 e. The quantitative estimate of drug-likeness (QED) is 0.517. The number of ether oxygens (including phenoxy) is 2. The van der Waals surface area contributed by atoms with Gasteiger partial charge >= 0.3 is 0 Å². The average Bonchev–Trinajstić information content (AvgIpc) is 3.44. The molecule has 0 aliphatic carbocycles. The topological polar surface area (TPSA) is 78.3 Å². The number of nitrogens with one attached hydrogen (secondary N) is 1. The van der Waals surface area contributed by atoms with Crippen molar-refractivity contribution in [2.24, 2.45) is 0 Å². The zero-order valence-corrected chi connectivity index (χ0v) is 16.6. The van der Waals surface area contributed by atoms with Crippen molar-refractivity contribution in [3.8, 4) is 28.3 Å². The highest BCUT2D eigenvalue weighted by molar-refractivity contribution is 7.13. The summed E-state index contributed by atoms with van der Waals surface area (Å²) < 4.78 is 12.4. The molecule has 0 fully saturated rings. The summed E-state index contributed by atoms with van der Waals surface area (Å²) in [4.78, 5) is 17.1. The Bertz CT molecular complexity index is 1120. The molecule has 0 aliphatic rings. The van der Waals surface area contributed by atoms with Crippen LogP contribution in [0.15, 0.2) is 66.3 Å². The fourth-order valence-corrected chi connectivity index (χ4v) is 3.44. The maximum atomic E-state index is 13.0. The first-order chi connectivity index (χ1) is 14.2. The third-order valence-corrected chi connectivity index (χ3v) is 4.99. The Hall–Kier alpha value is -3.65. The van der Waals surface area contributed by atoms with Crippen LogP contribution in [0, 0.1) is 0 Å². The highest BCUT2D eigenvalue weighted by Crippen LogP contribution is 2.34. The molecular formula is C21H18N4O3S. The first-order valence-electron chi connectivity index (χ1n) is 8.78. The van der Waals surface area contributed by atoms with Gasteiger partial charge in [-0.3, -0.25) is 10.1 Å². The molecule has 7 nitrogen and oxygen atoms in total. The second-order valence-corrected chi connectivity index (χ2v) is 6.93. The van der Waals surface area contributed by atoms with Gasteiger partial charge < -0.3 is 9.47 Å². The lowest BCUT2D eigenvalue weighted by atomic mass is 10.1. The van der Waals surface area contributed by atoms with Gasteiger partial charge in [0.25, 0.3) is 5.91 Å². The molecule has 0 radical (unpaired) electrons. The lowest BCUT2D eigenvalue weighted by molar-refractivity contribution is 0.102. The van der Waals surface area contributed by atoms with Crippen LogP contribution < -0.4 is 14.8 Å². The van der Waals surface area contributed by atoms with Gasteiger partial charge in [0, 0.05) is 23.3 Å². The number of thiazole rings is 1. The van der Waals surface area contributed by atoms with E-state index in [0.717, 1.165) is 11.3 Å². The van der Waals surface area contributed by atoms with E-state index in [0.29, 0.717) is 22.2 Å². The molecule has 2 aromatic carbocycles. The predicted octanol–water partition coefficient (Wildman–Crippen LogP) is 4.27. The second-order valence-electron chi connectivity index (χ2n) is 6.03. The molecule has 29 heavy (non-hydrogen) atoms. The number of nitrogens with zero attached hydrogens (tertiary/aromatic N) is 3. The number of hydrogen-bond donors (Lipinski definition) is 1. The minimum absolute atomic E-state index is 0.288. The van der Waals surface area contributed by atoms with Crippen molar-refractivity contribution in [3.05, 3.63) is 72.0 Å². The van der Waals surface area contributed by atoms with Gasteiger partial charge in [-0.05, 0) is 29.8 Å². The number of para-hydroxylation sites is 1. The minimum Gasteiger partial charge on any atom is -0.493 e. The van der Waals surface area contributed by atoms with Gasteiger partial charge in [-0.15, -0.1) is 11.3 Å². The Kier molecular flexibility index (Phi) is 5.26.